The molecule has 0 radical (unpaired) electrons. The fourth-order valence-corrected chi connectivity index (χ4v) is 3.10. The molecule has 1 aromatic carbocycles. The number of fused-ring (bicyclic) bond motifs is 2. The molecule has 0 heterocycles. The summed E-state index contributed by atoms with van der Waals surface area (Å²) < 4.78 is 0. The lowest BCUT2D eigenvalue weighted by Gasteiger charge is -2.10. The van der Waals surface area contributed by atoms with Crippen molar-refractivity contribution in [1.29, 1.82) is 0 Å². The smallest absolute Gasteiger partial charge is 0.252 e. The number of carbonyl (C=O) groups is 1. The van der Waals surface area contributed by atoms with Crippen molar-refractivity contribution in [3.05, 3.63) is 81.0 Å². The summed E-state index contributed by atoms with van der Waals surface area (Å²) >= 11 is 0. The fourth-order valence-electron chi connectivity index (χ4n) is 3.10. The molecule has 0 saturated heterocycles. The van der Waals surface area contributed by atoms with E-state index in [1.165, 1.54) is 33.4 Å². The Balaban J connectivity index is 1.52. The van der Waals surface area contributed by atoms with Crippen molar-refractivity contribution in [2.45, 2.75) is 26.8 Å². The predicted octanol–water partition coefficient (Wildman–Crippen LogP) is 3.43. The molecule has 104 valence electrons. The molecule has 2 heteroatoms. The van der Waals surface area contributed by atoms with E-state index in [0.29, 0.717) is 6.54 Å². The molecule has 1 aromatic rings. The van der Waals surface area contributed by atoms with E-state index in [9.17, 15) is 4.79 Å². The molecule has 1 fully saturated rings. The van der Waals surface area contributed by atoms with Crippen LogP contribution in [-0.2, 0) is 11.3 Å². The molecule has 2 nitrogen and oxygen atoms in total. The van der Waals surface area contributed by atoms with Crippen LogP contribution in [0.1, 0.15) is 23.1 Å². The van der Waals surface area contributed by atoms with E-state index in [0.717, 1.165) is 17.6 Å². The number of hydrogen-bond acceptors (Lipinski definition) is 1. The third-order valence-electron chi connectivity index (χ3n) is 4.46. The van der Waals surface area contributed by atoms with Crippen LogP contribution in [-0.4, -0.2) is 5.91 Å². The number of rotatable bonds is 3. The number of nitrogens with one attached hydrogen (secondary N) is 1. The van der Waals surface area contributed by atoms with Crippen LogP contribution < -0.4 is 5.32 Å². The summed E-state index contributed by atoms with van der Waals surface area (Å²) in [6, 6.07) is 6.34. The van der Waals surface area contributed by atoms with E-state index < -0.39 is 0 Å². The molecule has 0 aromatic heterocycles. The first-order valence-corrected chi connectivity index (χ1v) is 7.34. The zero-order valence-corrected chi connectivity index (χ0v) is 12.3. The van der Waals surface area contributed by atoms with Gasteiger partial charge in [0.2, 0.25) is 0 Å². The molecular weight excluding hydrogens is 258 g/mol. The number of hydrogen-bond donors (Lipinski definition) is 1. The van der Waals surface area contributed by atoms with Crippen LogP contribution in [0.3, 0.4) is 0 Å². The topological polar surface area (TPSA) is 29.1 Å². The Morgan fingerprint density at radius 3 is 2.90 bits per heavy atom. The van der Waals surface area contributed by atoms with Gasteiger partial charge in [0.15, 0.2) is 0 Å². The molecule has 1 saturated carbocycles. The zero-order chi connectivity index (χ0) is 14.6. The van der Waals surface area contributed by atoms with Gasteiger partial charge in [-0.2, -0.15) is 0 Å². The van der Waals surface area contributed by atoms with E-state index in [1.54, 1.807) is 0 Å². The Morgan fingerprint density at radius 1 is 1.19 bits per heavy atom. The average Bonchev–Trinajstić information content (AvgIpc) is 2.94. The Kier molecular flexibility index (Phi) is 2.55. The van der Waals surface area contributed by atoms with Gasteiger partial charge >= 0.3 is 0 Å². The first-order chi connectivity index (χ1) is 10.1. The standard InChI is InChI=1S/C19H17NO/c1-11-3-4-12(2)14(7-11)10-20-19(21)16-6-5-15-17-8-13(17)9-18(15)16/h3-7,9H,8,10H2,1-2H3,(H,20,21). The monoisotopic (exact) mass is 275 g/mol. The lowest BCUT2D eigenvalue weighted by molar-refractivity contribution is -0.117. The van der Waals surface area contributed by atoms with Crippen LogP contribution in [0.15, 0.2) is 64.3 Å². The molecule has 4 rings (SSSR count). The molecule has 0 aliphatic heterocycles. The maximum Gasteiger partial charge on any atom is 0.252 e. The van der Waals surface area contributed by atoms with Crippen molar-refractivity contribution in [3.63, 3.8) is 0 Å². The Labute approximate surface area is 124 Å². The van der Waals surface area contributed by atoms with Crippen molar-refractivity contribution in [3.8, 4) is 0 Å². The van der Waals surface area contributed by atoms with Crippen LogP contribution in [0.25, 0.3) is 0 Å². The lowest BCUT2D eigenvalue weighted by atomic mass is 10.0. The number of allylic oxidation sites excluding steroid dienone is 6. The molecular formula is C19H17NO. The van der Waals surface area contributed by atoms with Gasteiger partial charge in [-0.1, -0.05) is 29.8 Å². The maximum absolute atomic E-state index is 12.4. The average molecular weight is 275 g/mol. The molecule has 0 spiro atoms. The molecule has 1 N–H and O–H groups in total. The zero-order valence-electron chi connectivity index (χ0n) is 12.3. The largest absolute Gasteiger partial charge is 0.348 e. The van der Waals surface area contributed by atoms with Gasteiger partial charge in [-0.25, -0.2) is 0 Å². The number of benzene rings is 1. The molecule has 21 heavy (non-hydrogen) atoms. The van der Waals surface area contributed by atoms with E-state index >= 15 is 0 Å². The second-order valence-electron chi connectivity index (χ2n) is 6.01. The lowest BCUT2D eigenvalue weighted by Crippen LogP contribution is -2.24. The summed E-state index contributed by atoms with van der Waals surface area (Å²) in [5.41, 5.74) is 9.65. The van der Waals surface area contributed by atoms with Gasteiger partial charge in [-0.15, -0.1) is 0 Å². The van der Waals surface area contributed by atoms with Gasteiger partial charge in [0.1, 0.15) is 0 Å². The van der Waals surface area contributed by atoms with E-state index in [2.05, 4.69) is 49.5 Å². The third-order valence-corrected chi connectivity index (χ3v) is 4.46. The Morgan fingerprint density at radius 2 is 2.05 bits per heavy atom. The molecule has 3 aliphatic carbocycles. The van der Waals surface area contributed by atoms with Gasteiger partial charge in [-0.3, -0.25) is 4.79 Å². The maximum atomic E-state index is 12.4. The van der Waals surface area contributed by atoms with Crippen LogP contribution in [0, 0.1) is 13.8 Å². The summed E-state index contributed by atoms with van der Waals surface area (Å²) in [4.78, 5) is 12.4. The molecule has 0 unspecified atom stereocenters. The molecule has 1 amide bonds. The molecule has 0 atom stereocenters. The highest BCUT2D eigenvalue weighted by Crippen LogP contribution is 2.51. The fraction of sp³-hybridized carbons (Fsp3) is 0.211. The minimum Gasteiger partial charge on any atom is -0.348 e. The quantitative estimate of drug-likeness (QED) is 0.899. The number of aryl methyl sites for hydroxylation is 2. The summed E-state index contributed by atoms with van der Waals surface area (Å²) in [5.74, 6) is 0.0240. The summed E-state index contributed by atoms with van der Waals surface area (Å²) in [5, 5.41) is 3.05. The van der Waals surface area contributed by atoms with Gasteiger partial charge in [0, 0.05) is 12.1 Å². The van der Waals surface area contributed by atoms with Gasteiger partial charge < -0.3 is 5.32 Å². The van der Waals surface area contributed by atoms with Crippen molar-refractivity contribution >= 4 is 5.91 Å². The Bertz CT molecular complexity index is 803. The number of amides is 1. The van der Waals surface area contributed by atoms with E-state index in [1.807, 2.05) is 6.08 Å². The van der Waals surface area contributed by atoms with Crippen molar-refractivity contribution in [2.24, 2.45) is 0 Å². The van der Waals surface area contributed by atoms with Crippen molar-refractivity contribution < 1.29 is 4.79 Å². The van der Waals surface area contributed by atoms with Crippen molar-refractivity contribution in [1.82, 2.24) is 5.32 Å². The van der Waals surface area contributed by atoms with Crippen LogP contribution >= 0.6 is 0 Å². The highest BCUT2D eigenvalue weighted by Gasteiger charge is 2.35. The van der Waals surface area contributed by atoms with Crippen LogP contribution in [0.4, 0.5) is 0 Å². The minimum absolute atomic E-state index is 0.0240. The third kappa shape index (κ3) is 1.99. The second-order valence-corrected chi connectivity index (χ2v) is 6.01. The highest BCUT2D eigenvalue weighted by atomic mass is 16.1. The van der Waals surface area contributed by atoms with E-state index in [4.69, 9.17) is 0 Å². The summed E-state index contributed by atoms with van der Waals surface area (Å²) in [7, 11) is 0. The SMILES string of the molecule is Cc1ccc(C)c(CNC(=O)C2=C3C=C4CC4=C3C=C2)c1. The normalized spacial score (nSPS) is 17.9. The Hall–Kier alpha value is -2.35. The van der Waals surface area contributed by atoms with Crippen molar-refractivity contribution in [2.75, 3.05) is 0 Å². The predicted molar refractivity (Wildman–Crippen MR) is 83.7 cm³/mol. The van der Waals surface area contributed by atoms with E-state index in [-0.39, 0.29) is 5.91 Å². The number of carbonyl (C=O) groups excluding carboxylic acids is 1. The minimum atomic E-state index is 0.0240. The molecule has 3 aliphatic rings. The van der Waals surface area contributed by atoms with Gasteiger partial charge in [0.05, 0.1) is 0 Å². The second kappa shape index (κ2) is 4.32. The van der Waals surface area contributed by atoms with Gasteiger partial charge in [0.25, 0.3) is 5.91 Å². The van der Waals surface area contributed by atoms with Crippen LogP contribution in [0.5, 0.6) is 0 Å². The van der Waals surface area contributed by atoms with Crippen LogP contribution in [0.2, 0.25) is 0 Å². The summed E-state index contributed by atoms with van der Waals surface area (Å²) in [6.45, 7) is 4.74. The first-order valence-electron chi connectivity index (χ1n) is 7.34. The molecule has 0 bridgehead atoms. The van der Waals surface area contributed by atoms with Gasteiger partial charge in [-0.05, 0) is 65.8 Å². The first kappa shape index (κ1) is 12.4. The summed E-state index contributed by atoms with van der Waals surface area (Å²) in [6.07, 6.45) is 7.30. The highest BCUT2D eigenvalue weighted by molar-refractivity contribution is 6.01.